The monoisotopic (exact) mass is 206 g/mol. The van der Waals surface area contributed by atoms with Gasteiger partial charge < -0.3 is 0 Å². The molecule has 2 aromatic rings. The van der Waals surface area contributed by atoms with E-state index < -0.39 is 0 Å². The van der Waals surface area contributed by atoms with Crippen molar-refractivity contribution in [2.24, 2.45) is 0 Å². The molecule has 2 heterocycles. The van der Waals surface area contributed by atoms with Crippen molar-refractivity contribution in [3.05, 3.63) is 37.4 Å². The molecule has 4 nitrogen and oxygen atoms in total. The highest BCUT2D eigenvalue weighted by Crippen LogP contribution is 1.92. The maximum Gasteiger partial charge on any atom is 0.246 e. The Morgan fingerprint density at radius 2 is 2.20 bits per heavy atom. The molecule has 15 heavy (non-hydrogen) atoms. The third-order valence-corrected chi connectivity index (χ3v) is 2.45. The molecule has 0 amide bonds. The molecule has 2 rings (SSSR count). The molecule has 0 unspecified atom stereocenters. The molecule has 0 aliphatic heterocycles. The molecule has 0 atom stereocenters. The van der Waals surface area contributed by atoms with Crippen LogP contribution in [0.5, 0.6) is 0 Å². The molecule has 2 aromatic heterocycles. The molecule has 0 aliphatic rings. The van der Waals surface area contributed by atoms with Crippen LogP contribution in [0.2, 0.25) is 0 Å². The summed E-state index contributed by atoms with van der Waals surface area (Å²) in [6, 6.07) is 0. The van der Waals surface area contributed by atoms with E-state index in [1.165, 1.54) is 12.8 Å². The molecular formula is C11H18N4+2. The molecule has 4 heteroatoms. The minimum Gasteiger partial charge on any atom is -0.250 e. The number of imidazole rings is 2. The summed E-state index contributed by atoms with van der Waals surface area (Å²) in [6.45, 7) is 4.19. The van der Waals surface area contributed by atoms with Crippen LogP contribution in [0, 0.1) is 0 Å². The number of H-pyrrole nitrogens is 1. The Kier molecular flexibility index (Phi) is 3.17. The van der Waals surface area contributed by atoms with Crippen molar-refractivity contribution in [2.75, 3.05) is 0 Å². The fourth-order valence-electron chi connectivity index (χ4n) is 1.59. The van der Waals surface area contributed by atoms with Crippen molar-refractivity contribution in [1.82, 2.24) is 9.55 Å². The number of aromatic nitrogens is 4. The zero-order valence-corrected chi connectivity index (χ0v) is 9.13. The van der Waals surface area contributed by atoms with Crippen molar-refractivity contribution in [1.29, 1.82) is 0 Å². The number of nitrogens with one attached hydrogen (secondary N) is 1. The van der Waals surface area contributed by atoms with E-state index in [1.807, 2.05) is 18.7 Å². The van der Waals surface area contributed by atoms with Gasteiger partial charge in [0, 0.05) is 0 Å². The van der Waals surface area contributed by atoms with E-state index in [-0.39, 0.29) is 0 Å². The van der Waals surface area contributed by atoms with Crippen molar-refractivity contribution in [2.45, 2.75) is 33.0 Å². The summed E-state index contributed by atoms with van der Waals surface area (Å²) in [5, 5.41) is 0. The van der Waals surface area contributed by atoms with Gasteiger partial charge in [0.2, 0.25) is 19.3 Å². The summed E-state index contributed by atoms with van der Waals surface area (Å²) in [6.07, 6.45) is 14.8. The Labute approximate surface area is 89.8 Å². The van der Waals surface area contributed by atoms with Gasteiger partial charge in [0.25, 0.3) is 0 Å². The van der Waals surface area contributed by atoms with Crippen LogP contribution < -0.4 is 9.13 Å². The number of nitrogens with zero attached hydrogens (tertiary/aromatic N) is 3. The fourth-order valence-corrected chi connectivity index (χ4v) is 1.59. The van der Waals surface area contributed by atoms with Gasteiger partial charge in [0.05, 0.1) is 6.54 Å². The van der Waals surface area contributed by atoms with Gasteiger partial charge in [0.1, 0.15) is 24.8 Å². The number of unbranched alkanes of at least 4 members (excludes halogenated alkanes) is 1. The van der Waals surface area contributed by atoms with E-state index in [0.29, 0.717) is 0 Å². The summed E-state index contributed by atoms with van der Waals surface area (Å²) < 4.78 is 6.50. The van der Waals surface area contributed by atoms with Crippen LogP contribution in [0.25, 0.3) is 0 Å². The van der Waals surface area contributed by atoms with E-state index >= 15 is 0 Å². The number of aromatic amines is 1. The van der Waals surface area contributed by atoms with Crippen LogP contribution in [0.3, 0.4) is 0 Å². The highest BCUT2D eigenvalue weighted by Gasteiger charge is 2.05. The van der Waals surface area contributed by atoms with Crippen LogP contribution in [-0.4, -0.2) is 9.55 Å². The highest BCUT2D eigenvalue weighted by molar-refractivity contribution is 4.65. The third kappa shape index (κ3) is 2.68. The largest absolute Gasteiger partial charge is 0.250 e. The van der Waals surface area contributed by atoms with Crippen LogP contribution >= 0.6 is 0 Å². The Morgan fingerprint density at radius 1 is 1.27 bits per heavy atom. The predicted molar refractivity (Wildman–Crippen MR) is 55.9 cm³/mol. The quantitative estimate of drug-likeness (QED) is 0.698. The number of hydrogen-bond donors (Lipinski definition) is 1. The molecular weight excluding hydrogens is 188 g/mol. The van der Waals surface area contributed by atoms with E-state index in [2.05, 4.69) is 44.3 Å². The highest BCUT2D eigenvalue weighted by atomic mass is 15.2. The lowest BCUT2D eigenvalue weighted by Crippen LogP contribution is -2.49. The molecule has 0 bridgehead atoms. The Bertz CT molecular complexity index is 388. The summed E-state index contributed by atoms with van der Waals surface area (Å²) >= 11 is 0. The minimum absolute atomic E-state index is 0.864. The molecule has 0 aromatic carbocycles. The van der Waals surface area contributed by atoms with Gasteiger partial charge in [-0.05, 0) is 6.42 Å². The van der Waals surface area contributed by atoms with Crippen molar-refractivity contribution < 1.29 is 9.13 Å². The molecule has 0 saturated carbocycles. The van der Waals surface area contributed by atoms with E-state index in [9.17, 15) is 0 Å². The summed E-state index contributed by atoms with van der Waals surface area (Å²) in [4.78, 5) is 3.03. The first-order valence-corrected chi connectivity index (χ1v) is 5.45. The number of hydrogen-bond acceptors (Lipinski definition) is 0. The molecule has 0 saturated heterocycles. The zero-order chi connectivity index (χ0) is 10.5. The molecule has 0 radical (unpaired) electrons. The Hall–Kier alpha value is -1.58. The van der Waals surface area contributed by atoms with Crippen molar-refractivity contribution in [3.8, 4) is 0 Å². The second-order valence-corrected chi connectivity index (χ2v) is 3.79. The molecule has 0 aliphatic carbocycles. The molecule has 1 N–H and O–H groups in total. The topological polar surface area (TPSA) is 28.5 Å². The van der Waals surface area contributed by atoms with Gasteiger partial charge in [0.15, 0.2) is 0 Å². The fraction of sp³-hybridized carbons (Fsp3) is 0.455. The van der Waals surface area contributed by atoms with Crippen LogP contribution in [0.4, 0.5) is 0 Å². The average molecular weight is 206 g/mol. The van der Waals surface area contributed by atoms with Crippen LogP contribution in [-0.2, 0) is 13.2 Å². The summed E-state index contributed by atoms with van der Waals surface area (Å²) in [5.41, 5.74) is 0. The SMILES string of the molecule is CCCCn1cc[n+](C[n+]2cc[nH]c2)c1. The second-order valence-electron chi connectivity index (χ2n) is 3.79. The first-order chi connectivity index (χ1) is 7.38. The van der Waals surface area contributed by atoms with Crippen LogP contribution in [0.15, 0.2) is 37.4 Å². The predicted octanol–water partition coefficient (Wildman–Crippen LogP) is 0.697. The van der Waals surface area contributed by atoms with E-state index in [0.717, 1.165) is 13.2 Å². The van der Waals surface area contributed by atoms with Gasteiger partial charge in [-0.3, -0.25) is 4.98 Å². The number of aryl methyl sites for hydroxylation is 1. The Balaban J connectivity index is 1.95. The van der Waals surface area contributed by atoms with Crippen molar-refractivity contribution in [3.63, 3.8) is 0 Å². The van der Waals surface area contributed by atoms with Gasteiger partial charge >= 0.3 is 0 Å². The zero-order valence-electron chi connectivity index (χ0n) is 9.13. The summed E-state index contributed by atoms with van der Waals surface area (Å²) in [7, 11) is 0. The maximum atomic E-state index is 3.03. The standard InChI is InChI=1S/C11H17N4/c1-2-3-5-13-7-8-15(10-13)11-14-6-4-12-9-14/h4,6-10H,2-3,5,11H2,1H3/q+1/p+1. The van der Waals surface area contributed by atoms with Gasteiger partial charge in [-0.15, -0.1) is 0 Å². The molecule has 0 spiro atoms. The lowest BCUT2D eigenvalue weighted by atomic mass is 10.3. The first-order valence-electron chi connectivity index (χ1n) is 5.45. The smallest absolute Gasteiger partial charge is 0.246 e. The molecule has 0 fully saturated rings. The second kappa shape index (κ2) is 4.77. The normalized spacial score (nSPS) is 10.7. The van der Waals surface area contributed by atoms with E-state index in [4.69, 9.17) is 0 Å². The lowest BCUT2D eigenvalue weighted by molar-refractivity contribution is -0.912. The number of rotatable bonds is 5. The minimum atomic E-state index is 0.864. The van der Waals surface area contributed by atoms with Gasteiger partial charge in [-0.1, -0.05) is 13.3 Å². The summed E-state index contributed by atoms with van der Waals surface area (Å²) in [5.74, 6) is 0. The van der Waals surface area contributed by atoms with Crippen LogP contribution in [0.1, 0.15) is 19.8 Å². The van der Waals surface area contributed by atoms with Gasteiger partial charge in [-0.25, -0.2) is 4.57 Å². The van der Waals surface area contributed by atoms with Gasteiger partial charge in [-0.2, -0.15) is 9.13 Å². The first kappa shape index (κ1) is 9.96. The van der Waals surface area contributed by atoms with E-state index in [1.54, 1.807) is 0 Å². The molecule has 80 valence electrons. The third-order valence-electron chi connectivity index (χ3n) is 2.45. The lowest BCUT2D eigenvalue weighted by Gasteiger charge is -1.92. The maximum absolute atomic E-state index is 3.03. The Morgan fingerprint density at radius 3 is 2.93 bits per heavy atom. The van der Waals surface area contributed by atoms with Crippen molar-refractivity contribution >= 4 is 0 Å². The average Bonchev–Trinajstić information content (AvgIpc) is 2.87.